The summed E-state index contributed by atoms with van der Waals surface area (Å²) < 4.78 is 5.76. The lowest BCUT2D eigenvalue weighted by molar-refractivity contribution is 0.299. The predicted octanol–water partition coefficient (Wildman–Crippen LogP) is 4.47. The number of hydrogen-bond donors (Lipinski definition) is 1. The molecule has 20 heavy (non-hydrogen) atoms. The number of benzene rings is 1. The van der Waals surface area contributed by atoms with Crippen molar-refractivity contribution in [1.29, 1.82) is 0 Å². The first-order valence-corrected chi connectivity index (χ1v) is 8.27. The van der Waals surface area contributed by atoms with Crippen molar-refractivity contribution in [2.75, 3.05) is 13.2 Å². The molecule has 1 aliphatic carbocycles. The Balaban J connectivity index is 1.55. The van der Waals surface area contributed by atoms with Gasteiger partial charge in [0, 0.05) is 6.04 Å². The normalized spacial score (nSPS) is 17.4. The van der Waals surface area contributed by atoms with Crippen LogP contribution in [0.15, 0.2) is 24.3 Å². The van der Waals surface area contributed by atoms with Gasteiger partial charge in [0.1, 0.15) is 5.75 Å². The molecule has 0 spiro atoms. The molecule has 1 saturated carbocycles. The number of nitrogens with one attached hydrogen (secondary N) is 1. The fraction of sp³-hybridized carbons (Fsp3) is 0.667. The van der Waals surface area contributed by atoms with E-state index in [4.69, 9.17) is 4.74 Å². The van der Waals surface area contributed by atoms with Gasteiger partial charge in [0.05, 0.1) is 6.61 Å². The summed E-state index contributed by atoms with van der Waals surface area (Å²) in [6.45, 7) is 3.99. The maximum Gasteiger partial charge on any atom is 0.119 e. The molecular formula is C18H29NO. The zero-order chi connectivity index (χ0) is 14.0. The summed E-state index contributed by atoms with van der Waals surface area (Å²) in [5.41, 5.74) is 1.28. The molecule has 0 amide bonds. The smallest absolute Gasteiger partial charge is 0.119 e. The molecule has 2 rings (SSSR count). The van der Waals surface area contributed by atoms with Gasteiger partial charge in [-0.15, -0.1) is 0 Å². The Hall–Kier alpha value is -1.02. The first-order valence-electron chi connectivity index (χ1n) is 8.27. The lowest BCUT2D eigenvalue weighted by atomic mass is 9.97. The highest BCUT2D eigenvalue weighted by Gasteiger charge is 2.09. The topological polar surface area (TPSA) is 21.3 Å². The Labute approximate surface area is 123 Å². The summed E-state index contributed by atoms with van der Waals surface area (Å²) in [6.07, 6.45) is 10.9. The van der Waals surface area contributed by atoms with E-state index in [0.717, 1.165) is 31.4 Å². The molecule has 0 aromatic heterocycles. The Bertz CT molecular complexity index is 352. The first-order chi connectivity index (χ1) is 9.84. The molecule has 0 saturated heterocycles. The summed E-state index contributed by atoms with van der Waals surface area (Å²) >= 11 is 0. The van der Waals surface area contributed by atoms with Crippen LogP contribution in [0.1, 0.15) is 56.9 Å². The molecule has 1 aromatic carbocycles. The van der Waals surface area contributed by atoms with E-state index in [1.165, 1.54) is 50.5 Å². The summed E-state index contributed by atoms with van der Waals surface area (Å²) in [4.78, 5) is 0. The summed E-state index contributed by atoms with van der Waals surface area (Å²) in [5, 5.41) is 3.70. The minimum Gasteiger partial charge on any atom is -0.494 e. The summed E-state index contributed by atoms with van der Waals surface area (Å²) in [5.74, 6) is 0.988. The van der Waals surface area contributed by atoms with E-state index in [-0.39, 0.29) is 0 Å². The van der Waals surface area contributed by atoms with Crippen LogP contribution in [0.5, 0.6) is 5.75 Å². The lowest BCUT2D eigenvalue weighted by Crippen LogP contribution is -2.31. The number of ether oxygens (including phenoxy) is 1. The fourth-order valence-electron chi connectivity index (χ4n) is 2.86. The van der Waals surface area contributed by atoms with Crippen LogP contribution in [0, 0.1) is 6.92 Å². The van der Waals surface area contributed by atoms with Crippen LogP contribution < -0.4 is 10.1 Å². The Morgan fingerprint density at radius 2 is 1.65 bits per heavy atom. The van der Waals surface area contributed by atoms with Crippen LogP contribution >= 0.6 is 0 Å². The predicted molar refractivity (Wildman–Crippen MR) is 85.4 cm³/mol. The van der Waals surface area contributed by atoms with Gasteiger partial charge < -0.3 is 10.1 Å². The monoisotopic (exact) mass is 275 g/mol. The molecule has 1 aromatic rings. The highest BCUT2D eigenvalue weighted by molar-refractivity contribution is 5.26. The third kappa shape index (κ3) is 5.96. The second-order valence-electron chi connectivity index (χ2n) is 6.01. The minimum absolute atomic E-state index is 0.745. The molecule has 0 atom stereocenters. The quantitative estimate of drug-likeness (QED) is 0.774. The van der Waals surface area contributed by atoms with Gasteiger partial charge in [0.2, 0.25) is 0 Å². The number of hydrogen-bond acceptors (Lipinski definition) is 2. The van der Waals surface area contributed by atoms with E-state index in [9.17, 15) is 0 Å². The SMILES string of the molecule is Cc1ccc(OCCCNC2CCCCCCC2)cc1. The van der Waals surface area contributed by atoms with Gasteiger partial charge >= 0.3 is 0 Å². The Kier molecular flexibility index (Phi) is 6.93. The van der Waals surface area contributed by atoms with Crippen molar-refractivity contribution >= 4 is 0 Å². The van der Waals surface area contributed by atoms with Crippen molar-refractivity contribution in [3.63, 3.8) is 0 Å². The van der Waals surface area contributed by atoms with Crippen LogP contribution in [-0.4, -0.2) is 19.2 Å². The largest absolute Gasteiger partial charge is 0.494 e. The summed E-state index contributed by atoms with van der Waals surface area (Å²) in [7, 11) is 0. The number of rotatable bonds is 6. The number of aryl methyl sites for hydroxylation is 1. The molecule has 0 radical (unpaired) electrons. The fourth-order valence-corrected chi connectivity index (χ4v) is 2.86. The standard InChI is InChI=1S/C18H29NO/c1-16-10-12-18(13-11-16)20-15-7-14-19-17-8-5-3-2-4-6-9-17/h10-13,17,19H,2-9,14-15H2,1H3. The van der Waals surface area contributed by atoms with Gasteiger partial charge in [0.15, 0.2) is 0 Å². The Morgan fingerprint density at radius 1 is 1.00 bits per heavy atom. The van der Waals surface area contributed by atoms with E-state index in [0.29, 0.717) is 0 Å². The van der Waals surface area contributed by atoms with Crippen molar-refractivity contribution in [3.05, 3.63) is 29.8 Å². The van der Waals surface area contributed by atoms with Gasteiger partial charge in [0.25, 0.3) is 0 Å². The minimum atomic E-state index is 0.745. The molecule has 0 unspecified atom stereocenters. The van der Waals surface area contributed by atoms with Gasteiger partial charge in [-0.25, -0.2) is 0 Å². The zero-order valence-electron chi connectivity index (χ0n) is 12.9. The van der Waals surface area contributed by atoms with Crippen molar-refractivity contribution < 1.29 is 4.74 Å². The molecular weight excluding hydrogens is 246 g/mol. The Morgan fingerprint density at radius 3 is 2.35 bits per heavy atom. The van der Waals surface area contributed by atoms with Gasteiger partial charge in [-0.2, -0.15) is 0 Å². The average Bonchev–Trinajstić information content (AvgIpc) is 2.42. The zero-order valence-corrected chi connectivity index (χ0v) is 12.9. The maximum atomic E-state index is 5.76. The highest BCUT2D eigenvalue weighted by Crippen LogP contribution is 2.17. The van der Waals surface area contributed by atoms with E-state index in [2.05, 4.69) is 36.5 Å². The average molecular weight is 275 g/mol. The van der Waals surface area contributed by atoms with Crippen molar-refractivity contribution in [1.82, 2.24) is 5.32 Å². The van der Waals surface area contributed by atoms with Crippen LogP contribution in [0.25, 0.3) is 0 Å². The van der Waals surface area contributed by atoms with Crippen LogP contribution in [0.2, 0.25) is 0 Å². The molecule has 1 aliphatic rings. The third-order valence-electron chi connectivity index (χ3n) is 4.15. The second-order valence-corrected chi connectivity index (χ2v) is 6.01. The van der Waals surface area contributed by atoms with Gasteiger partial charge in [-0.05, 0) is 44.9 Å². The van der Waals surface area contributed by atoms with Crippen LogP contribution in [-0.2, 0) is 0 Å². The second kappa shape index (κ2) is 9.02. The molecule has 0 aliphatic heterocycles. The molecule has 0 bridgehead atoms. The van der Waals surface area contributed by atoms with Gasteiger partial charge in [-0.3, -0.25) is 0 Å². The van der Waals surface area contributed by atoms with E-state index < -0.39 is 0 Å². The molecule has 2 nitrogen and oxygen atoms in total. The van der Waals surface area contributed by atoms with E-state index in [1.54, 1.807) is 0 Å². The van der Waals surface area contributed by atoms with Crippen LogP contribution in [0.3, 0.4) is 0 Å². The molecule has 1 fully saturated rings. The molecule has 1 N–H and O–H groups in total. The van der Waals surface area contributed by atoms with Crippen molar-refractivity contribution in [2.24, 2.45) is 0 Å². The first kappa shape index (κ1) is 15.4. The highest BCUT2D eigenvalue weighted by atomic mass is 16.5. The lowest BCUT2D eigenvalue weighted by Gasteiger charge is -2.21. The molecule has 2 heteroatoms. The maximum absolute atomic E-state index is 5.76. The van der Waals surface area contributed by atoms with Crippen molar-refractivity contribution in [3.8, 4) is 5.75 Å². The third-order valence-corrected chi connectivity index (χ3v) is 4.15. The summed E-state index contributed by atoms with van der Waals surface area (Å²) in [6, 6.07) is 9.05. The van der Waals surface area contributed by atoms with Gasteiger partial charge in [-0.1, -0.05) is 49.8 Å². The van der Waals surface area contributed by atoms with E-state index in [1.807, 2.05) is 0 Å². The molecule has 112 valence electrons. The van der Waals surface area contributed by atoms with Crippen LogP contribution in [0.4, 0.5) is 0 Å². The molecule has 0 heterocycles. The van der Waals surface area contributed by atoms with E-state index >= 15 is 0 Å². The van der Waals surface area contributed by atoms with Crippen molar-refractivity contribution in [2.45, 2.75) is 64.3 Å².